The van der Waals surface area contributed by atoms with Crippen molar-refractivity contribution < 1.29 is 14.3 Å². The Morgan fingerprint density at radius 3 is 2.38 bits per heavy atom. The predicted molar refractivity (Wildman–Crippen MR) is 94.6 cm³/mol. The van der Waals surface area contributed by atoms with Crippen molar-refractivity contribution in [3.05, 3.63) is 41.1 Å². The second-order valence-electron chi connectivity index (χ2n) is 5.94. The van der Waals surface area contributed by atoms with Gasteiger partial charge < -0.3 is 9.64 Å². The van der Waals surface area contributed by atoms with Gasteiger partial charge in [0.05, 0.1) is 18.9 Å². The molecular weight excluding hydrogens is 326 g/mol. The second-order valence-corrected chi connectivity index (χ2v) is 6.32. The molecule has 2 saturated heterocycles. The SMILES string of the molecule is Cc1cc(C)cc(N2C(=O)C(=CN3CCOCC3)C(=O)NC2=S)c1. The first-order chi connectivity index (χ1) is 11.5. The largest absolute Gasteiger partial charge is 0.378 e. The molecule has 0 aliphatic carbocycles. The second kappa shape index (κ2) is 6.70. The third kappa shape index (κ3) is 3.32. The third-order valence-corrected chi connectivity index (χ3v) is 4.21. The minimum absolute atomic E-state index is 0.0876. The van der Waals surface area contributed by atoms with Gasteiger partial charge in [0.15, 0.2) is 5.11 Å². The molecule has 7 heteroatoms. The standard InChI is InChI=1S/C17H19N3O3S/c1-11-7-12(2)9-13(8-11)20-16(22)14(15(21)18-17(20)24)10-19-3-5-23-6-4-19/h7-10H,3-6H2,1-2H3,(H,18,21,24). The summed E-state index contributed by atoms with van der Waals surface area (Å²) >= 11 is 5.22. The molecule has 2 heterocycles. The highest BCUT2D eigenvalue weighted by Crippen LogP contribution is 2.23. The van der Waals surface area contributed by atoms with E-state index in [1.54, 1.807) is 6.20 Å². The van der Waals surface area contributed by atoms with Crippen molar-refractivity contribution in [2.75, 3.05) is 31.2 Å². The maximum absolute atomic E-state index is 12.9. The Bertz CT molecular complexity index is 718. The van der Waals surface area contributed by atoms with Crippen LogP contribution in [-0.2, 0) is 14.3 Å². The van der Waals surface area contributed by atoms with Gasteiger partial charge in [-0.15, -0.1) is 0 Å². The third-order valence-electron chi connectivity index (χ3n) is 3.92. The summed E-state index contributed by atoms with van der Waals surface area (Å²) in [4.78, 5) is 28.4. The van der Waals surface area contributed by atoms with E-state index >= 15 is 0 Å². The number of nitrogens with one attached hydrogen (secondary N) is 1. The number of aryl methyl sites for hydroxylation is 2. The fourth-order valence-electron chi connectivity index (χ4n) is 2.85. The summed E-state index contributed by atoms with van der Waals surface area (Å²) in [5.74, 6) is -0.864. The predicted octanol–water partition coefficient (Wildman–Crippen LogP) is 1.27. The summed E-state index contributed by atoms with van der Waals surface area (Å²) in [7, 11) is 0. The van der Waals surface area contributed by atoms with Crippen molar-refractivity contribution in [2.45, 2.75) is 13.8 Å². The van der Waals surface area contributed by atoms with Gasteiger partial charge in [-0.05, 0) is 49.3 Å². The van der Waals surface area contributed by atoms with Gasteiger partial charge in [0.25, 0.3) is 11.8 Å². The molecule has 0 unspecified atom stereocenters. The fraction of sp³-hybridized carbons (Fsp3) is 0.353. The molecule has 126 valence electrons. The molecule has 2 aliphatic rings. The van der Waals surface area contributed by atoms with E-state index in [0.717, 1.165) is 11.1 Å². The summed E-state index contributed by atoms with van der Waals surface area (Å²) < 4.78 is 5.29. The Balaban J connectivity index is 1.95. The number of thiocarbonyl (C=S) groups is 1. The first-order valence-corrected chi connectivity index (χ1v) is 8.18. The molecule has 0 radical (unpaired) electrons. The molecule has 6 nitrogen and oxygen atoms in total. The summed E-state index contributed by atoms with van der Waals surface area (Å²) in [6.07, 6.45) is 1.61. The fourth-order valence-corrected chi connectivity index (χ4v) is 3.13. The van der Waals surface area contributed by atoms with E-state index in [2.05, 4.69) is 5.32 Å². The highest BCUT2D eigenvalue weighted by atomic mass is 32.1. The number of carbonyl (C=O) groups is 2. The number of anilines is 1. The molecule has 2 aliphatic heterocycles. The Hall–Kier alpha value is -2.25. The normalized spacial score (nSPS) is 20.6. The van der Waals surface area contributed by atoms with Crippen molar-refractivity contribution in [1.29, 1.82) is 0 Å². The van der Waals surface area contributed by atoms with Crippen LogP contribution in [0.3, 0.4) is 0 Å². The number of nitrogens with zero attached hydrogens (tertiary/aromatic N) is 2. The molecule has 0 spiro atoms. The van der Waals surface area contributed by atoms with E-state index in [0.29, 0.717) is 32.0 Å². The summed E-state index contributed by atoms with van der Waals surface area (Å²) in [6.45, 7) is 6.38. The Morgan fingerprint density at radius 2 is 1.75 bits per heavy atom. The minimum Gasteiger partial charge on any atom is -0.378 e. The van der Waals surface area contributed by atoms with Crippen LogP contribution in [0.1, 0.15) is 11.1 Å². The minimum atomic E-state index is -0.461. The Labute approximate surface area is 146 Å². The molecule has 2 amide bonds. The van der Waals surface area contributed by atoms with E-state index in [4.69, 9.17) is 17.0 Å². The topological polar surface area (TPSA) is 61.9 Å². The van der Waals surface area contributed by atoms with Gasteiger partial charge in [0.2, 0.25) is 0 Å². The monoisotopic (exact) mass is 345 g/mol. The van der Waals surface area contributed by atoms with E-state index in [1.165, 1.54) is 4.90 Å². The van der Waals surface area contributed by atoms with Crippen molar-refractivity contribution in [3.8, 4) is 0 Å². The van der Waals surface area contributed by atoms with Gasteiger partial charge in [-0.3, -0.25) is 19.8 Å². The highest BCUT2D eigenvalue weighted by molar-refractivity contribution is 7.80. The van der Waals surface area contributed by atoms with Crippen molar-refractivity contribution in [3.63, 3.8) is 0 Å². The van der Waals surface area contributed by atoms with E-state index < -0.39 is 11.8 Å². The quantitative estimate of drug-likeness (QED) is 0.497. The lowest BCUT2D eigenvalue weighted by atomic mass is 10.1. The number of benzene rings is 1. The number of morpholine rings is 1. The molecule has 1 aromatic carbocycles. The molecule has 24 heavy (non-hydrogen) atoms. The number of amides is 2. The summed E-state index contributed by atoms with van der Waals surface area (Å²) in [5.41, 5.74) is 2.80. The molecule has 0 aromatic heterocycles. The molecule has 2 fully saturated rings. The van der Waals surface area contributed by atoms with Crippen LogP contribution >= 0.6 is 12.2 Å². The lowest BCUT2D eigenvalue weighted by Crippen LogP contribution is -2.55. The molecule has 0 saturated carbocycles. The van der Waals surface area contributed by atoms with E-state index in [9.17, 15) is 9.59 Å². The number of carbonyl (C=O) groups excluding carboxylic acids is 2. The number of ether oxygens (including phenoxy) is 1. The van der Waals surface area contributed by atoms with Crippen LogP contribution in [-0.4, -0.2) is 48.1 Å². The zero-order chi connectivity index (χ0) is 17.3. The van der Waals surface area contributed by atoms with Gasteiger partial charge >= 0.3 is 0 Å². The maximum atomic E-state index is 12.9. The molecule has 3 rings (SSSR count). The number of hydrogen-bond donors (Lipinski definition) is 1. The van der Waals surface area contributed by atoms with Crippen LogP contribution in [0.2, 0.25) is 0 Å². The van der Waals surface area contributed by atoms with Gasteiger partial charge in [-0.1, -0.05) is 6.07 Å². The zero-order valence-corrected chi connectivity index (χ0v) is 14.5. The maximum Gasteiger partial charge on any atom is 0.271 e. The lowest BCUT2D eigenvalue weighted by Gasteiger charge is -2.31. The lowest BCUT2D eigenvalue weighted by molar-refractivity contribution is -0.122. The first-order valence-electron chi connectivity index (χ1n) is 7.77. The van der Waals surface area contributed by atoms with Crippen LogP contribution in [0.5, 0.6) is 0 Å². The van der Waals surface area contributed by atoms with Gasteiger partial charge in [-0.25, -0.2) is 0 Å². The van der Waals surface area contributed by atoms with Crippen LogP contribution in [0.4, 0.5) is 5.69 Å². The van der Waals surface area contributed by atoms with Crippen molar-refractivity contribution in [1.82, 2.24) is 10.2 Å². The Kier molecular flexibility index (Phi) is 4.64. The van der Waals surface area contributed by atoms with Crippen molar-refractivity contribution in [2.24, 2.45) is 0 Å². The molecule has 1 N–H and O–H groups in total. The zero-order valence-electron chi connectivity index (χ0n) is 13.7. The summed E-state index contributed by atoms with van der Waals surface area (Å²) in [5, 5.41) is 2.71. The molecule has 0 atom stereocenters. The number of hydrogen-bond acceptors (Lipinski definition) is 5. The molecule has 1 aromatic rings. The average Bonchev–Trinajstić information content (AvgIpc) is 2.51. The van der Waals surface area contributed by atoms with Crippen molar-refractivity contribution >= 4 is 34.8 Å². The van der Waals surface area contributed by atoms with Gasteiger partial charge in [-0.2, -0.15) is 0 Å². The highest BCUT2D eigenvalue weighted by Gasteiger charge is 2.35. The van der Waals surface area contributed by atoms with E-state index in [1.807, 2.05) is 36.9 Å². The smallest absolute Gasteiger partial charge is 0.271 e. The van der Waals surface area contributed by atoms with E-state index in [-0.39, 0.29) is 10.7 Å². The summed E-state index contributed by atoms with van der Waals surface area (Å²) in [6, 6.07) is 5.77. The van der Waals surface area contributed by atoms with Gasteiger partial charge in [0, 0.05) is 19.3 Å². The first kappa shape index (κ1) is 16.6. The molecule has 0 bridgehead atoms. The van der Waals surface area contributed by atoms with Crippen LogP contribution < -0.4 is 10.2 Å². The van der Waals surface area contributed by atoms with Crippen LogP contribution in [0, 0.1) is 13.8 Å². The van der Waals surface area contributed by atoms with Gasteiger partial charge in [0.1, 0.15) is 5.57 Å². The van der Waals surface area contributed by atoms with Crippen LogP contribution in [0.25, 0.3) is 0 Å². The van der Waals surface area contributed by atoms with Crippen LogP contribution in [0.15, 0.2) is 30.0 Å². The Morgan fingerprint density at radius 1 is 1.12 bits per heavy atom. The molecular formula is C17H19N3O3S. The number of rotatable bonds is 2. The average molecular weight is 345 g/mol.